The van der Waals surface area contributed by atoms with Crippen LogP contribution in [0.3, 0.4) is 0 Å². The van der Waals surface area contributed by atoms with Gasteiger partial charge in [0.1, 0.15) is 0 Å². The molecule has 16 heteroatoms. The van der Waals surface area contributed by atoms with Crippen LogP contribution in [0, 0.1) is 0 Å². The SMILES string of the molecule is CCn1nc(C(=O)O)c2c(Cc3ccc(C(F)(F)F)cc3)cccc21.CCn1nc(C(=O)OC)c2c(Cc3ccc(C(F)(F)F)cc3)cccc21.[Na+].[OH-]. The van der Waals surface area contributed by atoms with Crippen LogP contribution >= 0.6 is 0 Å². The summed E-state index contributed by atoms with van der Waals surface area (Å²) in [5, 5.41) is 19.0. The Kier molecular flexibility index (Phi) is 14.0. The van der Waals surface area contributed by atoms with Crippen molar-refractivity contribution in [1.29, 1.82) is 0 Å². The minimum atomic E-state index is -4.38. The van der Waals surface area contributed by atoms with E-state index in [-0.39, 0.29) is 46.4 Å². The fourth-order valence-corrected chi connectivity index (χ4v) is 5.83. The molecule has 0 aliphatic carbocycles. The number of aryl methyl sites for hydroxylation is 2. The minimum Gasteiger partial charge on any atom is -0.870 e. The summed E-state index contributed by atoms with van der Waals surface area (Å²) in [7, 11) is 1.29. The summed E-state index contributed by atoms with van der Waals surface area (Å²) >= 11 is 0. The molecule has 6 aromatic rings. The number of rotatable bonds is 8. The summed E-state index contributed by atoms with van der Waals surface area (Å²) in [5.41, 5.74) is 3.17. The van der Waals surface area contributed by atoms with Crippen molar-refractivity contribution >= 4 is 33.7 Å². The van der Waals surface area contributed by atoms with Crippen molar-refractivity contribution in [1.82, 2.24) is 19.6 Å². The molecule has 0 atom stereocenters. The number of halogens is 6. The Morgan fingerprint density at radius 2 is 1.04 bits per heavy atom. The number of aromatic carboxylic acids is 1. The smallest absolute Gasteiger partial charge is 0.870 e. The van der Waals surface area contributed by atoms with Gasteiger partial charge in [-0.2, -0.15) is 36.5 Å². The Balaban J connectivity index is 0.000000275. The van der Waals surface area contributed by atoms with E-state index in [1.165, 1.54) is 31.4 Å². The molecule has 274 valence electrons. The van der Waals surface area contributed by atoms with Crippen LogP contribution in [0.15, 0.2) is 84.9 Å². The average Bonchev–Trinajstić information content (AvgIpc) is 3.68. The monoisotopic (exact) mass is 750 g/mol. The first-order valence-corrected chi connectivity index (χ1v) is 15.8. The van der Waals surface area contributed by atoms with Crippen LogP contribution in [-0.2, 0) is 43.0 Å². The van der Waals surface area contributed by atoms with Crippen LogP contribution in [-0.4, -0.2) is 49.2 Å². The number of carboxylic acid groups (broad SMARTS) is 1. The average molecular weight is 751 g/mol. The Morgan fingerprint density at radius 1 is 0.660 bits per heavy atom. The van der Waals surface area contributed by atoms with E-state index < -0.39 is 35.4 Å². The molecule has 0 radical (unpaired) electrons. The summed E-state index contributed by atoms with van der Waals surface area (Å²) in [4.78, 5) is 23.6. The number of fused-ring (bicyclic) bond motifs is 2. The zero-order valence-electron chi connectivity index (χ0n) is 29.1. The first kappa shape index (κ1) is 42.7. The van der Waals surface area contributed by atoms with E-state index in [4.69, 9.17) is 4.74 Å². The van der Waals surface area contributed by atoms with Gasteiger partial charge in [-0.25, -0.2) is 9.59 Å². The maximum Gasteiger partial charge on any atom is 1.00 e. The van der Waals surface area contributed by atoms with Gasteiger partial charge in [0.2, 0.25) is 0 Å². The first-order chi connectivity index (χ1) is 24.2. The molecule has 0 aliphatic heterocycles. The van der Waals surface area contributed by atoms with Crippen molar-refractivity contribution in [2.24, 2.45) is 0 Å². The number of hydrogen-bond acceptors (Lipinski definition) is 6. The predicted octanol–water partition coefficient (Wildman–Crippen LogP) is 5.64. The van der Waals surface area contributed by atoms with Gasteiger partial charge < -0.3 is 15.3 Å². The number of nitrogens with zero attached hydrogens (tertiary/aromatic N) is 4. The van der Waals surface area contributed by atoms with Crippen LogP contribution < -0.4 is 29.6 Å². The van der Waals surface area contributed by atoms with Gasteiger partial charge in [-0.15, -0.1) is 0 Å². The molecule has 9 nitrogen and oxygen atoms in total. The molecular formula is C37H33F6N4NaO5. The molecule has 0 bridgehead atoms. The van der Waals surface area contributed by atoms with Crippen molar-refractivity contribution in [3.05, 3.63) is 130 Å². The van der Waals surface area contributed by atoms with Crippen LogP contribution in [0.4, 0.5) is 26.3 Å². The fourth-order valence-electron chi connectivity index (χ4n) is 5.83. The second-order valence-corrected chi connectivity index (χ2v) is 11.5. The topological polar surface area (TPSA) is 129 Å². The Labute approximate surface area is 321 Å². The van der Waals surface area contributed by atoms with Gasteiger partial charge in [0.05, 0.1) is 29.3 Å². The normalized spacial score (nSPS) is 11.3. The van der Waals surface area contributed by atoms with Crippen LogP contribution in [0.1, 0.15) is 68.2 Å². The van der Waals surface area contributed by atoms with Crippen molar-refractivity contribution in [3.8, 4) is 0 Å². The molecule has 2 heterocycles. The number of carbonyl (C=O) groups is 2. The van der Waals surface area contributed by atoms with E-state index in [1.807, 2.05) is 32.0 Å². The quantitative estimate of drug-likeness (QED) is 0.121. The van der Waals surface area contributed by atoms with E-state index in [9.17, 15) is 41.0 Å². The number of carboxylic acids is 1. The van der Waals surface area contributed by atoms with Crippen molar-refractivity contribution in [2.45, 2.75) is 52.1 Å². The van der Waals surface area contributed by atoms with E-state index >= 15 is 0 Å². The van der Waals surface area contributed by atoms with Gasteiger partial charge in [-0.05, 0) is 85.3 Å². The number of aromatic nitrogens is 4. The molecule has 53 heavy (non-hydrogen) atoms. The van der Waals surface area contributed by atoms with E-state index in [0.717, 1.165) is 35.3 Å². The Morgan fingerprint density at radius 3 is 1.38 bits per heavy atom. The van der Waals surface area contributed by atoms with Crippen molar-refractivity contribution in [3.63, 3.8) is 0 Å². The molecule has 0 unspecified atom stereocenters. The van der Waals surface area contributed by atoms with E-state index in [1.54, 1.807) is 27.6 Å². The van der Waals surface area contributed by atoms with Gasteiger partial charge in [0.15, 0.2) is 11.4 Å². The molecular weight excluding hydrogens is 717 g/mol. The van der Waals surface area contributed by atoms with Gasteiger partial charge in [0.25, 0.3) is 0 Å². The van der Waals surface area contributed by atoms with Gasteiger partial charge in [0, 0.05) is 23.9 Å². The molecule has 0 amide bonds. The molecule has 2 aromatic heterocycles. The molecule has 0 spiro atoms. The molecule has 0 saturated heterocycles. The first-order valence-electron chi connectivity index (χ1n) is 15.8. The Bertz CT molecular complexity index is 2200. The molecule has 2 N–H and O–H groups in total. The second kappa shape index (κ2) is 17.4. The Hall–Kier alpha value is -4.70. The van der Waals surface area contributed by atoms with Gasteiger partial charge in [-0.1, -0.05) is 48.5 Å². The third-order valence-electron chi connectivity index (χ3n) is 8.26. The number of alkyl halides is 6. The third kappa shape index (κ3) is 9.46. The van der Waals surface area contributed by atoms with Gasteiger partial charge in [-0.3, -0.25) is 9.36 Å². The van der Waals surface area contributed by atoms with Crippen LogP contribution in [0.2, 0.25) is 0 Å². The number of methoxy groups -OCH3 is 1. The van der Waals surface area contributed by atoms with E-state index in [2.05, 4.69) is 10.2 Å². The number of benzene rings is 4. The van der Waals surface area contributed by atoms with Crippen molar-refractivity contribution < 1.29 is 80.8 Å². The third-order valence-corrected chi connectivity index (χ3v) is 8.26. The summed E-state index contributed by atoms with van der Waals surface area (Å²) in [6.07, 6.45) is -8.03. The zero-order valence-corrected chi connectivity index (χ0v) is 31.1. The number of hydrogen-bond donors (Lipinski definition) is 1. The van der Waals surface area contributed by atoms with E-state index in [0.29, 0.717) is 58.9 Å². The van der Waals surface area contributed by atoms with Crippen LogP contribution in [0.5, 0.6) is 0 Å². The predicted molar refractivity (Wildman–Crippen MR) is 180 cm³/mol. The summed E-state index contributed by atoms with van der Waals surface area (Å²) in [6.45, 7) is 4.88. The number of carbonyl (C=O) groups excluding carboxylic acids is 1. The summed E-state index contributed by atoms with van der Waals surface area (Å²) in [5.74, 6) is -1.67. The molecule has 0 aliphatic rings. The molecule has 6 rings (SSSR count). The summed E-state index contributed by atoms with van der Waals surface area (Å²) < 4.78 is 84.3. The second-order valence-electron chi connectivity index (χ2n) is 11.5. The maximum atomic E-state index is 12.7. The molecule has 0 saturated carbocycles. The molecule has 4 aromatic carbocycles. The van der Waals surface area contributed by atoms with Gasteiger partial charge >= 0.3 is 53.8 Å². The fraction of sp³-hybridized carbons (Fsp3) is 0.243. The van der Waals surface area contributed by atoms with Crippen LogP contribution in [0.25, 0.3) is 21.8 Å². The number of esters is 1. The number of ether oxygens (including phenoxy) is 1. The zero-order chi connectivity index (χ0) is 37.1. The van der Waals surface area contributed by atoms with Crippen molar-refractivity contribution in [2.75, 3.05) is 7.11 Å². The largest absolute Gasteiger partial charge is 1.00 e. The molecule has 0 fully saturated rings. The summed E-state index contributed by atoms with van der Waals surface area (Å²) in [6, 6.07) is 20.8. The minimum absolute atomic E-state index is 0. The maximum absolute atomic E-state index is 12.7. The standard InChI is InChI=1S/C19H17F3N2O2.C18H15F3N2O2.Na.H2O/c1-3-24-15-6-4-5-13(16(15)17(23-24)18(25)26-2)11-12-7-9-14(10-8-12)19(20,21)22;1-2-23-14-5-3-4-12(15(14)16(22-23)17(24)25)10-11-6-8-13(9-7-11)18(19,20)21;;/h4-10H,3,11H2,1-2H3;3-9H,2,10H2,1H3,(H,24,25);;1H2/q;;+1;/p-1.